The Morgan fingerprint density at radius 1 is 1.07 bits per heavy atom. The molecule has 1 fully saturated rings. The van der Waals surface area contributed by atoms with Gasteiger partial charge in [-0.2, -0.15) is 5.10 Å². The van der Waals surface area contributed by atoms with Crippen LogP contribution in [0.2, 0.25) is 0 Å². The molecule has 0 atom stereocenters. The molecule has 0 spiro atoms. The molecular formula is C17H20N8O2. The van der Waals surface area contributed by atoms with E-state index < -0.39 is 0 Å². The fourth-order valence-corrected chi connectivity index (χ4v) is 3.31. The number of fused-ring (bicyclic) bond motifs is 1. The van der Waals surface area contributed by atoms with Crippen molar-refractivity contribution in [2.45, 2.75) is 13.8 Å². The Hall–Kier alpha value is -3.30. The highest BCUT2D eigenvalue weighted by Crippen LogP contribution is 2.15. The molecule has 3 aromatic heterocycles. The van der Waals surface area contributed by atoms with E-state index in [0.717, 1.165) is 17.1 Å². The SMILES string of the molecule is Cc1cc(C)n2c(C(=O)N3CCN(c4cnn(C)c(=O)c4)CC3)nnc2n1. The number of anilines is 1. The van der Waals surface area contributed by atoms with Crippen LogP contribution in [0.15, 0.2) is 23.1 Å². The molecule has 3 aromatic rings. The Morgan fingerprint density at radius 3 is 2.52 bits per heavy atom. The molecule has 10 nitrogen and oxygen atoms in total. The number of hydrogen-bond donors (Lipinski definition) is 0. The van der Waals surface area contributed by atoms with Crippen LogP contribution in [0.5, 0.6) is 0 Å². The van der Waals surface area contributed by atoms with Gasteiger partial charge in [-0.1, -0.05) is 0 Å². The zero-order valence-electron chi connectivity index (χ0n) is 15.5. The standard InChI is InChI=1S/C17H20N8O2/c1-11-8-12(2)25-15(20-21-17(25)19-11)16(27)24-6-4-23(5-7-24)13-9-14(26)22(3)18-10-13/h8-10H,4-7H2,1-3H3. The first kappa shape index (κ1) is 17.1. The molecule has 0 bridgehead atoms. The van der Waals surface area contributed by atoms with Crippen LogP contribution in [0, 0.1) is 13.8 Å². The lowest BCUT2D eigenvalue weighted by atomic mass is 10.2. The number of rotatable bonds is 2. The largest absolute Gasteiger partial charge is 0.367 e. The third-order valence-electron chi connectivity index (χ3n) is 4.77. The monoisotopic (exact) mass is 368 g/mol. The molecule has 0 aromatic carbocycles. The second kappa shape index (κ2) is 6.45. The number of carbonyl (C=O) groups excluding carboxylic acids is 1. The van der Waals surface area contributed by atoms with Crippen LogP contribution in [0.3, 0.4) is 0 Å². The first-order chi connectivity index (χ1) is 12.9. The third kappa shape index (κ3) is 3.03. The predicted molar refractivity (Wildman–Crippen MR) is 97.9 cm³/mol. The molecule has 0 radical (unpaired) electrons. The smallest absolute Gasteiger partial charge is 0.292 e. The average Bonchev–Trinajstić information content (AvgIpc) is 3.07. The topological polar surface area (TPSA) is 102 Å². The van der Waals surface area contributed by atoms with Gasteiger partial charge in [-0.15, -0.1) is 10.2 Å². The van der Waals surface area contributed by atoms with Gasteiger partial charge in [0.2, 0.25) is 5.82 Å². The van der Waals surface area contributed by atoms with Crippen molar-refractivity contribution in [2.75, 3.05) is 31.1 Å². The lowest BCUT2D eigenvalue weighted by Gasteiger charge is -2.35. The lowest BCUT2D eigenvalue weighted by Crippen LogP contribution is -2.49. The second-order valence-electron chi connectivity index (χ2n) is 6.65. The van der Waals surface area contributed by atoms with Crippen molar-refractivity contribution < 1.29 is 4.79 Å². The van der Waals surface area contributed by atoms with Gasteiger partial charge in [-0.3, -0.25) is 14.0 Å². The van der Waals surface area contributed by atoms with Gasteiger partial charge < -0.3 is 9.80 Å². The minimum absolute atomic E-state index is 0.154. The number of carbonyl (C=O) groups is 1. The van der Waals surface area contributed by atoms with Crippen molar-refractivity contribution in [3.63, 3.8) is 0 Å². The van der Waals surface area contributed by atoms with Gasteiger partial charge in [0.05, 0.1) is 11.9 Å². The fourth-order valence-electron chi connectivity index (χ4n) is 3.31. The van der Waals surface area contributed by atoms with E-state index in [1.54, 1.807) is 28.6 Å². The molecule has 4 heterocycles. The van der Waals surface area contributed by atoms with Crippen LogP contribution < -0.4 is 10.5 Å². The summed E-state index contributed by atoms with van der Waals surface area (Å²) in [4.78, 5) is 32.8. The van der Waals surface area contributed by atoms with Gasteiger partial charge in [-0.25, -0.2) is 9.67 Å². The number of amides is 1. The van der Waals surface area contributed by atoms with Gasteiger partial charge in [0, 0.05) is 50.7 Å². The van der Waals surface area contributed by atoms with E-state index in [4.69, 9.17) is 0 Å². The summed E-state index contributed by atoms with van der Waals surface area (Å²) in [5.41, 5.74) is 2.33. The van der Waals surface area contributed by atoms with Crippen molar-refractivity contribution >= 4 is 17.4 Å². The zero-order chi connectivity index (χ0) is 19.1. The number of hydrogen-bond acceptors (Lipinski definition) is 7. The second-order valence-corrected chi connectivity index (χ2v) is 6.65. The first-order valence-corrected chi connectivity index (χ1v) is 8.71. The van der Waals surface area contributed by atoms with Crippen molar-refractivity contribution in [3.05, 3.63) is 45.9 Å². The predicted octanol–water partition coefficient (Wildman–Crippen LogP) is -0.203. The minimum Gasteiger partial charge on any atom is -0.367 e. The van der Waals surface area contributed by atoms with Crippen molar-refractivity contribution in [2.24, 2.45) is 7.05 Å². The van der Waals surface area contributed by atoms with Gasteiger partial charge >= 0.3 is 0 Å². The molecule has 1 saturated heterocycles. The summed E-state index contributed by atoms with van der Waals surface area (Å²) in [6.45, 7) is 6.08. The van der Waals surface area contributed by atoms with E-state index >= 15 is 0 Å². The summed E-state index contributed by atoms with van der Waals surface area (Å²) in [7, 11) is 1.62. The van der Waals surface area contributed by atoms with E-state index in [9.17, 15) is 9.59 Å². The molecule has 27 heavy (non-hydrogen) atoms. The Labute approximate surface area is 155 Å². The van der Waals surface area contributed by atoms with E-state index in [-0.39, 0.29) is 17.3 Å². The molecule has 4 rings (SSSR count). The molecule has 0 unspecified atom stereocenters. The fraction of sp³-hybridized carbons (Fsp3) is 0.412. The third-order valence-corrected chi connectivity index (χ3v) is 4.77. The summed E-state index contributed by atoms with van der Waals surface area (Å²) in [6.07, 6.45) is 1.67. The van der Waals surface area contributed by atoms with Crippen LogP contribution in [-0.4, -0.2) is 66.3 Å². The zero-order valence-corrected chi connectivity index (χ0v) is 15.5. The van der Waals surface area contributed by atoms with Gasteiger partial charge in [0.1, 0.15) is 0 Å². The van der Waals surface area contributed by atoms with E-state index in [2.05, 4.69) is 25.2 Å². The van der Waals surface area contributed by atoms with Gasteiger partial charge in [0.25, 0.3) is 17.2 Å². The summed E-state index contributed by atoms with van der Waals surface area (Å²) < 4.78 is 2.98. The molecule has 1 aliphatic rings. The van der Waals surface area contributed by atoms with Crippen molar-refractivity contribution in [1.29, 1.82) is 0 Å². The highest BCUT2D eigenvalue weighted by molar-refractivity contribution is 5.91. The van der Waals surface area contributed by atoms with Crippen LogP contribution in [0.25, 0.3) is 5.78 Å². The van der Waals surface area contributed by atoms with Gasteiger partial charge in [0.15, 0.2) is 0 Å². The molecule has 10 heteroatoms. The molecule has 0 saturated carbocycles. The van der Waals surface area contributed by atoms with Crippen molar-refractivity contribution in [1.82, 2.24) is 34.3 Å². The molecule has 140 valence electrons. The van der Waals surface area contributed by atoms with Crippen LogP contribution in [-0.2, 0) is 7.05 Å². The minimum atomic E-state index is -0.169. The van der Waals surface area contributed by atoms with Crippen LogP contribution in [0.1, 0.15) is 22.0 Å². The van der Waals surface area contributed by atoms with E-state index in [1.165, 1.54) is 4.68 Å². The Bertz CT molecular complexity index is 1080. The Kier molecular flexibility index (Phi) is 4.09. The number of nitrogens with zero attached hydrogens (tertiary/aromatic N) is 8. The summed E-state index contributed by atoms with van der Waals surface area (Å²) in [6, 6.07) is 3.46. The maximum absolute atomic E-state index is 12.9. The Balaban J connectivity index is 1.52. The molecule has 0 N–H and O–H groups in total. The number of piperazine rings is 1. The normalized spacial score (nSPS) is 14.8. The molecule has 1 amide bonds. The highest BCUT2D eigenvalue weighted by atomic mass is 16.2. The quantitative estimate of drug-likeness (QED) is 0.617. The average molecular weight is 368 g/mol. The lowest BCUT2D eigenvalue weighted by molar-refractivity contribution is 0.0732. The number of aryl methyl sites for hydroxylation is 3. The highest BCUT2D eigenvalue weighted by Gasteiger charge is 2.26. The maximum Gasteiger partial charge on any atom is 0.292 e. The summed E-state index contributed by atoms with van der Waals surface area (Å²) >= 11 is 0. The first-order valence-electron chi connectivity index (χ1n) is 8.71. The van der Waals surface area contributed by atoms with E-state index in [1.807, 2.05) is 19.9 Å². The van der Waals surface area contributed by atoms with Gasteiger partial charge in [-0.05, 0) is 19.9 Å². The van der Waals surface area contributed by atoms with Crippen LogP contribution in [0.4, 0.5) is 5.69 Å². The summed E-state index contributed by atoms with van der Waals surface area (Å²) in [5, 5.41) is 12.2. The number of aromatic nitrogens is 6. The molecule has 1 aliphatic heterocycles. The summed E-state index contributed by atoms with van der Waals surface area (Å²) in [5.74, 6) is 0.539. The molecular weight excluding hydrogens is 348 g/mol. The molecule has 0 aliphatic carbocycles. The van der Waals surface area contributed by atoms with E-state index in [0.29, 0.717) is 32.0 Å². The van der Waals surface area contributed by atoms with Crippen LogP contribution >= 0.6 is 0 Å². The van der Waals surface area contributed by atoms with Crippen molar-refractivity contribution in [3.8, 4) is 0 Å². The maximum atomic E-state index is 12.9. The Morgan fingerprint density at radius 2 is 1.81 bits per heavy atom.